The summed E-state index contributed by atoms with van der Waals surface area (Å²) in [4.78, 5) is 14.4. The third-order valence-electron chi connectivity index (χ3n) is 4.02. The predicted octanol–water partition coefficient (Wildman–Crippen LogP) is 2.07. The Morgan fingerprint density at radius 1 is 1.21 bits per heavy atom. The Morgan fingerprint density at radius 3 is 2.46 bits per heavy atom. The van der Waals surface area contributed by atoms with Gasteiger partial charge >= 0.3 is 0 Å². The summed E-state index contributed by atoms with van der Waals surface area (Å²) in [7, 11) is 0. The number of carbonyl (C=O) groups excluding carboxylic acids is 1. The zero-order valence-corrected chi connectivity index (χ0v) is 15.8. The number of carbonyl (C=O) groups is 1. The van der Waals surface area contributed by atoms with Crippen molar-refractivity contribution in [1.82, 2.24) is 10.2 Å². The first-order valence-corrected chi connectivity index (χ1v) is 8.07. The zero-order valence-electron chi connectivity index (χ0n) is 14.2. The molecule has 1 aromatic rings. The van der Waals surface area contributed by atoms with Gasteiger partial charge in [0.1, 0.15) is 6.04 Å². The maximum atomic E-state index is 12.0. The molecule has 1 aliphatic rings. The molecule has 5 nitrogen and oxygen atoms in total. The number of aryl methyl sites for hydroxylation is 1. The van der Waals surface area contributed by atoms with E-state index in [9.17, 15) is 4.79 Å². The van der Waals surface area contributed by atoms with E-state index in [2.05, 4.69) is 10.2 Å². The highest BCUT2D eigenvalue weighted by Crippen LogP contribution is 2.11. The largest absolute Gasteiger partial charge is 0.379 e. The first-order valence-electron chi connectivity index (χ1n) is 8.07. The summed E-state index contributed by atoms with van der Waals surface area (Å²) in [6, 6.07) is 7.20. The number of hydrogen-bond acceptors (Lipinski definition) is 4. The molecule has 2 rings (SSSR count). The molecule has 1 heterocycles. The van der Waals surface area contributed by atoms with Gasteiger partial charge in [-0.2, -0.15) is 0 Å². The quantitative estimate of drug-likeness (QED) is 0.713. The Hall–Kier alpha value is -0.850. The summed E-state index contributed by atoms with van der Waals surface area (Å²) in [5.41, 5.74) is 8.01. The summed E-state index contributed by atoms with van der Waals surface area (Å²) < 4.78 is 5.32. The maximum Gasteiger partial charge on any atom is 0.241 e. The molecule has 0 spiro atoms. The Balaban J connectivity index is 0.00000264. The second-order valence-electron chi connectivity index (χ2n) is 5.84. The molecule has 1 aromatic carbocycles. The third-order valence-corrected chi connectivity index (χ3v) is 4.02. The van der Waals surface area contributed by atoms with E-state index >= 15 is 0 Å². The molecule has 1 unspecified atom stereocenters. The Labute approximate surface area is 157 Å². The first-order chi connectivity index (χ1) is 10.7. The summed E-state index contributed by atoms with van der Waals surface area (Å²) in [5.74, 6) is -0.102. The molecule has 1 amide bonds. The Bertz CT molecular complexity index is 465. The van der Waals surface area contributed by atoms with E-state index in [1.165, 1.54) is 5.56 Å². The first kappa shape index (κ1) is 23.1. The highest BCUT2D eigenvalue weighted by molar-refractivity contribution is 5.85. The average molecular weight is 378 g/mol. The molecule has 3 N–H and O–H groups in total. The van der Waals surface area contributed by atoms with Gasteiger partial charge in [-0.1, -0.05) is 29.8 Å². The van der Waals surface area contributed by atoms with Crippen molar-refractivity contribution in [2.75, 3.05) is 39.4 Å². The number of benzene rings is 1. The molecule has 138 valence electrons. The minimum absolute atomic E-state index is 0. The van der Waals surface area contributed by atoms with Gasteiger partial charge in [0.2, 0.25) is 5.91 Å². The van der Waals surface area contributed by atoms with Crippen LogP contribution in [0.1, 0.15) is 30.0 Å². The summed E-state index contributed by atoms with van der Waals surface area (Å²) in [6.45, 7) is 7.48. The van der Waals surface area contributed by atoms with Crippen LogP contribution in [0, 0.1) is 6.92 Å². The summed E-state index contributed by atoms with van der Waals surface area (Å²) >= 11 is 0. The summed E-state index contributed by atoms with van der Waals surface area (Å²) in [5, 5.41) is 2.93. The van der Waals surface area contributed by atoms with E-state index in [0.29, 0.717) is 6.54 Å². The minimum Gasteiger partial charge on any atom is -0.379 e. The van der Waals surface area contributed by atoms with Crippen molar-refractivity contribution in [3.8, 4) is 0 Å². The van der Waals surface area contributed by atoms with E-state index in [4.69, 9.17) is 10.5 Å². The number of ether oxygens (including phenoxy) is 1. The highest BCUT2D eigenvalue weighted by Gasteiger charge is 2.15. The van der Waals surface area contributed by atoms with Gasteiger partial charge in [0, 0.05) is 19.6 Å². The molecule has 7 heteroatoms. The Morgan fingerprint density at radius 2 is 1.83 bits per heavy atom. The van der Waals surface area contributed by atoms with E-state index in [1.807, 2.05) is 31.2 Å². The number of nitrogens with zero attached hydrogens (tertiary/aromatic N) is 1. The molecule has 1 fully saturated rings. The van der Waals surface area contributed by atoms with Crippen molar-refractivity contribution < 1.29 is 9.53 Å². The fraction of sp³-hybridized carbons (Fsp3) is 0.588. The van der Waals surface area contributed by atoms with Gasteiger partial charge in [-0.05, 0) is 31.9 Å². The zero-order chi connectivity index (χ0) is 15.8. The number of hydrogen-bond donors (Lipinski definition) is 2. The van der Waals surface area contributed by atoms with Crippen LogP contribution in [0.5, 0.6) is 0 Å². The highest BCUT2D eigenvalue weighted by atomic mass is 35.5. The molecule has 1 atom stereocenters. The van der Waals surface area contributed by atoms with Crippen molar-refractivity contribution in [1.29, 1.82) is 0 Å². The lowest BCUT2D eigenvalue weighted by molar-refractivity contribution is -0.122. The van der Waals surface area contributed by atoms with Crippen LogP contribution >= 0.6 is 24.8 Å². The number of nitrogens with one attached hydrogen (secondary N) is 1. The van der Waals surface area contributed by atoms with Crippen LogP contribution in [0.2, 0.25) is 0 Å². The molecule has 24 heavy (non-hydrogen) atoms. The van der Waals surface area contributed by atoms with E-state index < -0.39 is 6.04 Å². The number of nitrogens with two attached hydrogens (primary N) is 1. The molecule has 0 aromatic heterocycles. The van der Waals surface area contributed by atoms with Crippen molar-refractivity contribution in [3.05, 3.63) is 35.4 Å². The van der Waals surface area contributed by atoms with E-state index in [-0.39, 0.29) is 30.7 Å². The molecule has 0 radical (unpaired) electrons. The van der Waals surface area contributed by atoms with Crippen LogP contribution in [-0.4, -0.2) is 50.2 Å². The van der Waals surface area contributed by atoms with Gasteiger partial charge < -0.3 is 15.8 Å². The number of morpholine rings is 1. The van der Waals surface area contributed by atoms with Gasteiger partial charge in [-0.3, -0.25) is 9.69 Å². The fourth-order valence-corrected chi connectivity index (χ4v) is 2.53. The van der Waals surface area contributed by atoms with Crippen molar-refractivity contribution in [3.63, 3.8) is 0 Å². The van der Waals surface area contributed by atoms with Crippen molar-refractivity contribution in [2.24, 2.45) is 5.73 Å². The minimum atomic E-state index is -0.583. The standard InChI is InChI=1S/C17H27N3O2.2ClH/c1-14-4-6-15(7-5-14)16(18)17(21)19-8-2-3-9-20-10-12-22-13-11-20;;/h4-7,16H,2-3,8-13,18H2,1H3,(H,19,21);2*1H. The van der Waals surface area contributed by atoms with Crippen LogP contribution in [-0.2, 0) is 9.53 Å². The average Bonchev–Trinajstić information content (AvgIpc) is 2.55. The topological polar surface area (TPSA) is 67.6 Å². The second-order valence-corrected chi connectivity index (χ2v) is 5.84. The van der Waals surface area contributed by atoms with E-state index in [0.717, 1.165) is 51.3 Å². The SMILES string of the molecule is Cc1ccc(C(N)C(=O)NCCCCN2CCOCC2)cc1.Cl.Cl. The molecule has 0 bridgehead atoms. The molecule has 1 saturated heterocycles. The molecular weight excluding hydrogens is 349 g/mol. The third kappa shape index (κ3) is 7.81. The van der Waals surface area contributed by atoms with Crippen molar-refractivity contribution in [2.45, 2.75) is 25.8 Å². The van der Waals surface area contributed by atoms with Gasteiger partial charge in [-0.15, -0.1) is 24.8 Å². The lowest BCUT2D eigenvalue weighted by Crippen LogP contribution is -2.37. The number of amides is 1. The molecule has 1 aliphatic heterocycles. The maximum absolute atomic E-state index is 12.0. The van der Waals surface area contributed by atoms with Crippen molar-refractivity contribution >= 4 is 30.7 Å². The van der Waals surface area contributed by atoms with Crippen LogP contribution < -0.4 is 11.1 Å². The van der Waals surface area contributed by atoms with Gasteiger partial charge in [0.15, 0.2) is 0 Å². The number of unbranched alkanes of at least 4 members (excludes halogenated alkanes) is 1. The van der Waals surface area contributed by atoms with Crippen LogP contribution in [0.3, 0.4) is 0 Å². The van der Waals surface area contributed by atoms with E-state index in [1.54, 1.807) is 0 Å². The lowest BCUT2D eigenvalue weighted by atomic mass is 10.1. The Kier molecular flexibility index (Phi) is 12.1. The van der Waals surface area contributed by atoms with Crippen LogP contribution in [0.4, 0.5) is 0 Å². The number of rotatable bonds is 7. The lowest BCUT2D eigenvalue weighted by Gasteiger charge is -2.26. The monoisotopic (exact) mass is 377 g/mol. The van der Waals surface area contributed by atoms with Gasteiger partial charge in [0.05, 0.1) is 13.2 Å². The van der Waals surface area contributed by atoms with Crippen LogP contribution in [0.15, 0.2) is 24.3 Å². The molecular formula is C17H29Cl2N3O2. The smallest absolute Gasteiger partial charge is 0.241 e. The molecule has 0 saturated carbocycles. The van der Waals surface area contributed by atoms with Gasteiger partial charge in [-0.25, -0.2) is 0 Å². The normalized spacial score (nSPS) is 15.8. The molecule has 0 aliphatic carbocycles. The predicted molar refractivity (Wildman–Crippen MR) is 102 cm³/mol. The summed E-state index contributed by atoms with van der Waals surface area (Å²) in [6.07, 6.45) is 2.06. The van der Waals surface area contributed by atoms with Gasteiger partial charge in [0.25, 0.3) is 0 Å². The second kappa shape index (κ2) is 12.5. The number of halogens is 2. The van der Waals surface area contributed by atoms with Crippen LogP contribution in [0.25, 0.3) is 0 Å². The fourth-order valence-electron chi connectivity index (χ4n) is 2.53.